The van der Waals surface area contributed by atoms with E-state index >= 15 is 0 Å². The van der Waals surface area contributed by atoms with Crippen molar-refractivity contribution < 1.29 is 0 Å². The highest BCUT2D eigenvalue weighted by Gasteiger charge is 2.41. The van der Waals surface area contributed by atoms with Gasteiger partial charge in [-0.05, 0) is 134 Å². The first-order chi connectivity index (χ1) is 28.0. The largest absolute Gasteiger partial charge is 0.310 e. The van der Waals surface area contributed by atoms with Crippen LogP contribution in [0.15, 0.2) is 182 Å². The highest BCUT2D eigenvalue weighted by Crippen LogP contribution is 2.55. The summed E-state index contributed by atoms with van der Waals surface area (Å²) < 4.78 is 0. The molecular weight excluding hydrogens is 687 g/mol. The number of hydrogen-bond acceptors (Lipinski definition) is 1. The van der Waals surface area contributed by atoms with Crippen LogP contribution in [0.4, 0.5) is 17.1 Å². The van der Waals surface area contributed by atoms with E-state index in [4.69, 9.17) is 0 Å². The number of nitrogens with zero attached hydrogens (tertiary/aromatic N) is 1. The molecule has 0 amide bonds. The van der Waals surface area contributed by atoms with Crippen LogP contribution < -0.4 is 4.90 Å². The Labute approximate surface area is 337 Å². The topological polar surface area (TPSA) is 3.24 Å². The molecule has 8 aromatic carbocycles. The lowest BCUT2D eigenvalue weighted by Crippen LogP contribution is -2.17. The molecule has 0 heterocycles. The molecule has 8 aromatic rings. The molecule has 2 bridgehead atoms. The molecule has 2 fully saturated rings. The highest BCUT2D eigenvalue weighted by molar-refractivity contribution is 6.02. The second-order valence-corrected chi connectivity index (χ2v) is 17.2. The van der Waals surface area contributed by atoms with Gasteiger partial charge in [0.2, 0.25) is 0 Å². The maximum absolute atomic E-state index is 2.53. The number of anilines is 3. The molecular formula is C56H47N. The average molecular weight is 734 g/mol. The lowest BCUT2D eigenvalue weighted by molar-refractivity contribution is 0.422. The van der Waals surface area contributed by atoms with Crippen LogP contribution in [0.2, 0.25) is 0 Å². The van der Waals surface area contributed by atoms with Gasteiger partial charge in [-0.1, -0.05) is 172 Å². The predicted molar refractivity (Wildman–Crippen MR) is 241 cm³/mol. The summed E-state index contributed by atoms with van der Waals surface area (Å²) in [4.78, 5) is 2.53. The van der Waals surface area contributed by atoms with Crippen LogP contribution in [-0.4, -0.2) is 0 Å². The van der Waals surface area contributed by atoms with Gasteiger partial charge in [0.1, 0.15) is 0 Å². The van der Waals surface area contributed by atoms with E-state index in [0.717, 1.165) is 17.5 Å². The van der Waals surface area contributed by atoms with Gasteiger partial charge in [0.25, 0.3) is 0 Å². The quantitative estimate of drug-likeness (QED) is 0.158. The number of rotatable bonds is 7. The number of fused-ring (bicyclic) bond motifs is 6. The maximum Gasteiger partial charge on any atom is 0.0540 e. The molecule has 3 atom stereocenters. The average Bonchev–Trinajstić information content (AvgIpc) is 3.97. The van der Waals surface area contributed by atoms with Crippen molar-refractivity contribution in [2.45, 2.75) is 50.9 Å². The molecule has 1 heteroatoms. The maximum atomic E-state index is 2.53. The van der Waals surface area contributed by atoms with E-state index in [-0.39, 0.29) is 5.41 Å². The number of benzene rings is 8. The van der Waals surface area contributed by atoms with E-state index in [9.17, 15) is 0 Å². The van der Waals surface area contributed by atoms with Gasteiger partial charge < -0.3 is 4.90 Å². The van der Waals surface area contributed by atoms with Crippen molar-refractivity contribution in [3.8, 4) is 44.5 Å². The van der Waals surface area contributed by atoms with E-state index in [1.807, 2.05) is 0 Å². The van der Waals surface area contributed by atoms with Crippen LogP contribution in [-0.2, 0) is 5.41 Å². The monoisotopic (exact) mass is 733 g/mol. The van der Waals surface area contributed by atoms with Crippen molar-refractivity contribution in [3.63, 3.8) is 0 Å². The van der Waals surface area contributed by atoms with Gasteiger partial charge in [0.05, 0.1) is 5.69 Å². The highest BCUT2D eigenvalue weighted by atomic mass is 15.1. The first kappa shape index (κ1) is 34.1. The van der Waals surface area contributed by atoms with Crippen LogP contribution >= 0.6 is 0 Å². The summed E-state index contributed by atoms with van der Waals surface area (Å²) in [5.41, 5.74) is 17.9. The standard InChI is InChI=1S/C56H47N/c1-56(2)52-23-12-11-19-48(52)49-31-30-43(36-53(49)56)57(54-33-32-47(46-18-9-10-20-50(46)54)51-35-37-24-25-41(51)34-37)42-28-26-40(27-29-42)55-44(38-14-5-3-6-15-38)21-13-22-45(55)39-16-7-4-8-17-39/h3-23,26-33,36-37,41,51H,24-25,34-35H2,1-2H3. The Morgan fingerprint density at radius 2 is 1.07 bits per heavy atom. The second kappa shape index (κ2) is 13.5. The summed E-state index contributed by atoms with van der Waals surface area (Å²) in [6, 6.07) is 68.0. The Bertz CT molecular complexity index is 2720. The lowest BCUT2D eigenvalue weighted by Gasteiger charge is -2.31. The van der Waals surface area contributed by atoms with E-state index in [2.05, 4.69) is 201 Å². The van der Waals surface area contributed by atoms with Crippen LogP contribution in [0.1, 0.15) is 62.1 Å². The van der Waals surface area contributed by atoms with E-state index in [1.54, 1.807) is 5.56 Å². The van der Waals surface area contributed by atoms with E-state index in [1.165, 1.54) is 103 Å². The van der Waals surface area contributed by atoms with Gasteiger partial charge in [-0.2, -0.15) is 0 Å². The van der Waals surface area contributed by atoms with Gasteiger partial charge in [0, 0.05) is 22.2 Å². The molecule has 0 radical (unpaired) electrons. The van der Waals surface area contributed by atoms with Crippen molar-refractivity contribution in [3.05, 3.63) is 199 Å². The van der Waals surface area contributed by atoms with Gasteiger partial charge in [-0.15, -0.1) is 0 Å². The molecule has 276 valence electrons. The van der Waals surface area contributed by atoms with Crippen molar-refractivity contribution in [1.29, 1.82) is 0 Å². The summed E-state index contributed by atoms with van der Waals surface area (Å²) >= 11 is 0. The van der Waals surface area contributed by atoms with Gasteiger partial charge in [-0.25, -0.2) is 0 Å². The van der Waals surface area contributed by atoms with Gasteiger partial charge >= 0.3 is 0 Å². The first-order valence-electron chi connectivity index (χ1n) is 20.9. The fourth-order valence-electron chi connectivity index (χ4n) is 11.1. The summed E-state index contributed by atoms with van der Waals surface area (Å²) in [6.45, 7) is 4.77. The SMILES string of the molecule is CC1(C)c2ccccc2-c2ccc(N(c3ccc(-c4c(-c5ccccc5)cccc4-c4ccccc4)cc3)c3ccc(C4CC5CCC4C5)c4ccccc34)cc21. The molecule has 2 saturated carbocycles. The Kier molecular flexibility index (Phi) is 8.07. The third kappa shape index (κ3) is 5.59. The minimum absolute atomic E-state index is 0.0971. The molecule has 3 aliphatic carbocycles. The zero-order valence-electron chi connectivity index (χ0n) is 32.8. The third-order valence-electron chi connectivity index (χ3n) is 13.8. The van der Waals surface area contributed by atoms with Crippen molar-refractivity contribution in [2.75, 3.05) is 4.90 Å². The molecule has 57 heavy (non-hydrogen) atoms. The van der Waals surface area contributed by atoms with Gasteiger partial charge in [0.15, 0.2) is 0 Å². The van der Waals surface area contributed by atoms with E-state index in [0.29, 0.717) is 5.92 Å². The van der Waals surface area contributed by atoms with Gasteiger partial charge in [-0.3, -0.25) is 0 Å². The molecule has 3 aliphatic rings. The molecule has 0 spiro atoms. The fourth-order valence-corrected chi connectivity index (χ4v) is 11.1. The summed E-state index contributed by atoms with van der Waals surface area (Å²) in [6.07, 6.45) is 5.56. The minimum atomic E-state index is -0.0971. The van der Waals surface area contributed by atoms with E-state index < -0.39 is 0 Å². The third-order valence-corrected chi connectivity index (χ3v) is 13.8. The first-order valence-corrected chi connectivity index (χ1v) is 20.9. The van der Waals surface area contributed by atoms with Crippen LogP contribution in [0.25, 0.3) is 55.3 Å². The predicted octanol–water partition coefficient (Wildman–Crippen LogP) is 15.5. The normalized spacial score (nSPS) is 18.7. The zero-order chi connectivity index (χ0) is 38.1. The molecule has 0 aromatic heterocycles. The minimum Gasteiger partial charge on any atom is -0.310 e. The van der Waals surface area contributed by atoms with Crippen molar-refractivity contribution in [1.82, 2.24) is 0 Å². The smallest absolute Gasteiger partial charge is 0.0540 e. The summed E-state index contributed by atoms with van der Waals surface area (Å²) in [5, 5.41) is 2.73. The van der Waals surface area contributed by atoms with Crippen molar-refractivity contribution in [2.24, 2.45) is 11.8 Å². The lowest BCUT2D eigenvalue weighted by atomic mass is 9.81. The molecule has 11 rings (SSSR count). The number of hydrogen-bond donors (Lipinski definition) is 0. The van der Waals surface area contributed by atoms with Crippen LogP contribution in [0, 0.1) is 11.8 Å². The molecule has 0 saturated heterocycles. The molecule has 0 aliphatic heterocycles. The van der Waals surface area contributed by atoms with Crippen molar-refractivity contribution >= 4 is 27.8 Å². The van der Waals surface area contributed by atoms with Crippen LogP contribution in [0.5, 0.6) is 0 Å². The molecule has 0 N–H and O–H groups in total. The fraction of sp³-hybridized carbons (Fsp3) is 0.179. The zero-order valence-corrected chi connectivity index (χ0v) is 32.8. The second-order valence-electron chi connectivity index (χ2n) is 17.2. The Morgan fingerprint density at radius 3 is 1.75 bits per heavy atom. The molecule has 3 unspecified atom stereocenters. The Morgan fingerprint density at radius 1 is 0.456 bits per heavy atom. The Balaban J connectivity index is 1.09. The van der Waals surface area contributed by atoms with Crippen LogP contribution in [0.3, 0.4) is 0 Å². The summed E-state index contributed by atoms with van der Waals surface area (Å²) in [7, 11) is 0. The summed E-state index contributed by atoms with van der Waals surface area (Å²) in [5.74, 6) is 2.40. The molecule has 1 nitrogen and oxygen atoms in total. The Hall–Kier alpha value is -6.18.